The number of nitrogens with zero attached hydrogens (tertiary/aromatic N) is 1. The minimum Gasteiger partial charge on any atom is -0.493 e. The molecule has 3 N–H and O–H groups in total. The number of halogens is 6. The number of amides is 1. The molecule has 4 rings (SSSR count). The van der Waals surface area contributed by atoms with Crippen LogP contribution in [0.2, 0.25) is 5.02 Å². The number of methoxy groups -OCH3 is 1. The van der Waals surface area contributed by atoms with E-state index in [9.17, 15) is 26.7 Å². The van der Waals surface area contributed by atoms with Crippen LogP contribution in [0.3, 0.4) is 0 Å². The van der Waals surface area contributed by atoms with Gasteiger partial charge in [0.15, 0.2) is 11.5 Å². The molecule has 12 heteroatoms. The van der Waals surface area contributed by atoms with E-state index in [1.54, 1.807) is 0 Å². The molecule has 2 aromatic carbocycles. The molecule has 1 amide bonds. The summed E-state index contributed by atoms with van der Waals surface area (Å²) >= 11 is 5.87. The number of rotatable bonds is 10. The minimum atomic E-state index is -4.85. The summed E-state index contributed by atoms with van der Waals surface area (Å²) < 4.78 is 81.4. The van der Waals surface area contributed by atoms with Gasteiger partial charge in [-0.1, -0.05) is 11.6 Å². The maximum Gasteiger partial charge on any atom is 0.398 e. The molecule has 1 fully saturated rings. The molecule has 214 valence electrons. The number of hydrogen-bond acceptors (Lipinski definition) is 5. The maximum absolute atomic E-state index is 14.3. The van der Waals surface area contributed by atoms with Crippen molar-refractivity contribution in [3.63, 3.8) is 0 Å². The summed E-state index contributed by atoms with van der Waals surface area (Å²) in [7, 11) is 1.39. The van der Waals surface area contributed by atoms with E-state index in [0.717, 1.165) is 25.0 Å². The predicted molar refractivity (Wildman–Crippen MR) is 140 cm³/mol. The van der Waals surface area contributed by atoms with Crippen LogP contribution in [0.25, 0.3) is 11.3 Å². The minimum absolute atomic E-state index is 0.0175. The van der Waals surface area contributed by atoms with Gasteiger partial charge >= 0.3 is 6.18 Å². The summed E-state index contributed by atoms with van der Waals surface area (Å²) in [4.78, 5) is 17.0. The molecule has 0 radical (unpaired) electrons. The maximum atomic E-state index is 14.3. The Bertz CT molecular complexity index is 1400. The molecular formula is C28H27ClF5N3O3. The van der Waals surface area contributed by atoms with Crippen LogP contribution in [-0.4, -0.2) is 43.5 Å². The fourth-order valence-electron chi connectivity index (χ4n) is 3.90. The number of hydrogen-bond donors (Lipinski definition) is 2. The van der Waals surface area contributed by atoms with Crippen molar-refractivity contribution in [1.82, 2.24) is 10.3 Å². The Morgan fingerprint density at radius 1 is 1.15 bits per heavy atom. The molecule has 6 nitrogen and oxygen atoms in total. The Hall–Kier alpha value is -3.44. The molecule has 0 bridgehead atoms. The lowest BCUT2D eigenvalue weighted by Crippen LogP contribution is -2.37. The zero-order valence-electron chi connectivity index (χ0n) is 21.6. The van der Waals surface area contributed by atoms with E-state index in [0.29, 0.717) is 5.75 Å². The van der Waals surface area contributed by atoms with Crippen LogP contribution < -0.4 is 20.5 Å². The molecule has 1 aromatic heterocycles. The average Bonchev–Trinajstić information content (AvgIpc) is 3.73. The quantitative estimate of drug-likeness (QED) is 0.273. The van der Waals surface area contributed by atoms with Crippen molar-refractivity contribution in [2.45, 2.75) is 43.5 Å². The topological polar surface area (TPSA) is 86.5 Å². The normalized spacial score (nSPS) is 15.7. The third-order valence-corrected chi connectivity index (χ3v) is 6.75. The van der Waals surface area contributed by atoms with Crippen molar-refractivity contribution in [2.75, 3.05) is 20.3 Å². The first-order chi connectivity index (χ1) is 18.8. The fourth-order valence-corrected chi connectivity index (χ4v) is 4.08. The van der Waals surface area contributed by atoms with Crippen molar-refractivity contribution in [1.29, 1.82) is 0 Å². The van der Waals surface area contributed by atoms with Gasteiger partial charge in [0.25, 0.3) is 5.91 Å². The number of pyridine rings is 1. The van der Waals surface area contributed by atoms with Gasteiger partial charge in [-0.25, -0.2) is 8.78 Å². The Kier molecular flexibility index (Phi) is 8.55. The van der Waals surface area contributed by atoms with E-state index in [1.165, 1.54) is 50.4 Å². The van der Waals surface area contributed by atoms with Crippen molar-refractivity contribution in [3.8, 4) is 22.8 Å². The molecule has 40 heavy (non-hydrogen) atoms. The summed E-state index contributed by atoms with van der Waals surface area (Å²) in [5.74, 6) is -3.08. The summed E-state index contributed by atoms with van der Waals surface area (Å²) in [6.07, 6.45) is -2.96. The van der Waals surface area contributed by atoms with Crippen LogP contribution in [0.15, 0.2) is 48.5 Å². The second-order valence-corrected chi connectivity index (χ2v) is 10.2. The lowest BCUT2D eigenvalue weighted by molar-refractivity contribution is -0.149. The molecular weight excluding hydrogens is 557 g/mol. The Labute approximate surface area is 232 Å². The van der Waals surface area contributed by atoms with E-state index in [2.05, 4.69) is 10.3 Å². The van der Waals surface area contributed by atoms with E-state index in [-0.39, 0.29) is 39.3 Å². The molecule has 1 heterocycles. The van der Waals surface area contributed by atoms with E-state index in [4.69, 9.17) is 26.8 Å². The van der Waals surface area contributed by atoms with Crippen molar-refractivity contribution in [2.24, 2.45) is 5.73 Å². The van der Waals surface area contributed by atoms with Crippen LogP contribution >= 0.6 is 11.6 Å². The SMILES string of the molecule is COc1cc(C(=O)NCC(c2cc(C(C)(N)CF)cc(-c3ccc(F)c(Cl)c3)n2)C(F)(F)F)ccc1OC1CC1. The van der Waals surface area contributed by atoms with E-state index in [1.807, 2.05) is 0 Å². The van der Waals surface area contributed by atoms with Crippen LogP contribution in [0.4, 0.5) is 22.0 Å². The first-order valence-electron chi connectivity index (χ1n) is 12.3. The van der Waals surface area contributed by atoms with Crippen LogP contribution in [-0.2, 0) is 5.54 Å². The van der Waals surface area contributed by atoms with Gasteiger partial charge in [-0.2, -0.15) is 13.2 Å². The highest BCUT2D eigenvalue weighted by Crippen LogP contribution is 2.38. The highest BCUT2D eigenvalue weighted by molar-refractivity contribution is 6.31. The van der Waals surface area contributed by atoms with E-state index < -0.39 is 48.3 Å². The number of benzene rings is 2. The molecule has 0 aliphatic heterocycles. The van der Waals surface area contributed by atoms with Gasteiger partial charge in [-0.3, -0.25) is 9.78 Å². The molecule has 0 saturated heterocycles. The standard InChI is InChI=1S/C28H27ClF5N3O3/c1-27(35,14-30)17-11-22(15-3-7-21(31)20(29)9-15)37-23(12-17)19(28(32,33)34)13-36-26(38)16-4-8-24(25(10-16)39-2)40-18-5-6-18/h3-4,7-12,18-19H,5-6,13-14,35H2,1-2H3,(H,36,38). The highest BCUT2D eigenvalue weighted by atomic mass is 35.5. The zero-order chi connectivity index (χ0) is 29.2. The molecule has 3 aromatic rings. The number of aromatic nitrogens is 1. The summed E-state index contributed by atoms with van der Waals surface area (Å²) in [5, 5.41) is 2.04. The summed E-state index contributed by atoms with van der Waals surface area (Å²) in [5.41, 5.74) is 4.17. The average molecular weight is 584 g/mol. The second-order valence-electron chi connectivity index (χ2n) is 9.83. The number of nitrogens with one attached hydrogen (secondary N) is 1. The lowest BCUT2D eigenvalue weighted by Gasteiger charge is -2.26. The number of ether oxygens (including phenoxy) is 2. The first kappa shape index (κ1) is 29.5. The van der Waals surface area contributed by atoms with Gasteiger partial charge in [0, 0.05) is 17.7 Å². The zero-order valence-corrected chi connectivity index (χ0v) is 22.4. The lowest BCUT2D eigenvalue weighted by atomic mass is 9.90. The van der Waals surface area contributed by atoms with Crippen molar-refractivity contribution >= 4 is 17.5 Å². The fraction of sp³-hybridized carbons (Fsp3) is 0.357. The number of alkyl halides is 4. The number of carbonyl (C=O) groups is 1. The van der Waals surface area contributed by atoms with Gasteiger partial charge in [0.1, 0.15) is 18.4 Å². The Morgan fingerprint density at radius 3 is 2.48 bits per heavy atom. The third-order valence-electron chi connectivity index (χ3n) is 6.46. The molecule has 1 saturated carbocycles. The molecule has 1 aliphatic carbocycles. The molecule has 1 aliphatic rings. The van der Waals surface area contributed by atoms with Gasteiger partial charge in [-0.05, 0) is 73.9 Å². The van der Waals surface area contributed by atoms with Crippen LogP contribution in [0.1, 0.15) is 47.3 Å². The van der Waals surface area contributed by atoms with Crippen molar-refractivity contribution < 1.29 is 36.2 Å². The first-order valence-corrected chi connectivity index (χ1v) is 12.7. The molecule has 2 atom stereocenters. The smallest absolute Gasteiger partial charge is 0.398 e. The molecule has 0 spiro atoms. The molecule has 2 unspecified atom stereocenters. The third kappa shape index (κ3) is 6.82. The van der Waals surface area contributed by atoms with Crippen LogP contribution in [0, 0.1) is 5.82 Å². The van der Waals surface area contributed by atoms with Gasteiger partial charge < -0.3 is 20.5 Å². The Morgan fingerprint density at radius 2 is 1.88 bits per heavy atom. The predicted octanol–water partition coefficient (Wildman–Crippen LogP) is 6.31. The number of nitrogens with two attached hydrogens (primary N) is 1. The van der Waals surface area contributed by atoms with Gasteiger partial charge in [-0.15, -0.1) is 0 Å². The van der Waals surface area contributed by atoms with Gasteiger partial charge in [0.05, 0.1) is 35.2 Å². The summed E-state index contributed by atoms with van der Waals surface area (Å²) in [6.45, 7) is -0.625. The number of carbonyl (C=O) groups excluding carboxylic acids is 1. The largest absolute Gasteiger partial charge is 0.493 e. The van der Waals surface area contributed by atoms with Crippen LogP contribution in [0.5, 0.6) is 11.5 Å². The van der Waals surface area contributed by atoms with E-state index >= 15 is 0 Å². The second kappa shape index (κ2) is 11.6. The Balaban J connectivity index is 1.66. The van der Waals surface area contributed by atoms with Gasteiger partial charge in [0.2, 0.25) is 0 Å². The van der Waals surface area contributed by atoms with Crippen molar-refractivity contribution in [3.05, 3.63) is 76.2 Å². The summed E-state index contributed by atoms with van der Waals surface area (Å²) in [6, 6.07) is 10.2. The highest BCUT2D eigenvalue weighted by Gasteiger charge is 2.43. The monoisotopic (exact) mass is 583 g/mol.